The van der Waals surface area contributed by atoms with Gasteiger partial charge in [0.15, 0.2) is 11.5 Å². The molecule has 0 radical (unpaired) electrons. The van der Waals surface area contributed by atoms with Gasteiger partial charge in [-0.1, -0.05) is 12.1 Å². The van der Waals surface area contributed by atoms with Gasteiger partial charge in [-0.15, -0.1) is 8.78 Å². The topological polar surface area (TPSA) is 59.6 Å². The maximum Gasteiger partial charge on any atom is 0.586 e. The summed E-state index contributed by atoms with van der Waals surface area (Å²) >= 11 is 0. The molecule has 0 spiro atoms. The zero-order valence-corrected chi connectivity index (χ0v) is 13.2. The molecular weight excluding hydrogens is 318 g/mol. The molecule has 0 aliphatic carbocycles. The Morgan fingerprint density at radius 3 is 2.67 bits per heavy atom. The Bertz CT molecular complexity index is 793. The standard InChI is InChI=1S/C17H16F2N2O3/c1-10-4-3-5-13(11(10)2)21-16(22)9-20-12-6-7-14-15(8-12)24-17(18,19)23-14/h3-8,20H,9H2,1-2H3,(H,21,22). The first kappa shape index (κ1) is 16.0. The summed E-state index contributed by atoms with van der Waals surface area (Å²) in [7, 11) is 0. The van der Waals surface area contributed by atoms with Crippen LogP contribution in [0.2, 0.25) is 0 Å². The molecular formula is C17H16F2N2O3. The molecule has 0 saturated heterocycles. The number of aryl methyl sites for hydroxylation is 1. The van der Waals surface area contributed by atoms with Gasteiger partial charge in [0.05, 0.1) is 6.54 Å². The Kier molecular flexibility index (Phi) is 4.01. The van der Waals surface area contributed by atoms with Gasteiger partial charge in [-0.2, -0.15) is 0 Å². The SMILES string of the molecule is Cc1cccc(NC(=O)CNc2ccc3c(c2)OC(F)(F)O3)c1C. The van der Waals surface area contributed by atoms with Crippen molar-refractivity contribution in [2.75, 3.05) is 17.2 Å². The summed E-state index contributed by atoms with van der Waals surface area (Å²) in [6.45, 7) is 3.88. The third-order valence-corrected chi connectivity index (χ3v) is 3.73. The second-order valence-electron chi connectivity index (χ2n) is 5.48. The van der Waals surface area contributed by atoms with Crippen molar-refractivity contribution in [3.8, 4) is 11.5 Å². The summed E-state index contributed by atoms with van der Waals surface area (Å²) in [5, 5.41) is 5.67. The van der Waals surface area contributed by atoms with Gasteiger partial charge in [0.1, 0.15) is 0 Å². The molecule has 2 aromatic rings. The molecule has 0 bridgehead atoms. The molecule has 1 aliphatic rings. The highest BCUT2D eigenvalue weighted by molar-refractivity contribution is 5.94. The van der Waals surface area contributed by atoms with Gasteiger partial charge in [-0.25, -0.2) is 0 Å². The van der Waals surface area contributed by atoms with Gasteiger partial charge >= 0.3 is 6.29 Å². The number of halogens is 2. The fourth-order valence-corrected chi connectivity index (χ4v) is 2.32. The van der Waals surface area contributed by atoms with Crippen molar-refractivity contribution in [1.29, 1.82) is 0 Å². The van der Waals surface area contributed by atoms with Gasteiger partial charge in [0.25, 0.3) is 0 Å². The van der Waals surface area contributed by atoms with Gasteiger partial charge in [-0.3, -0.25) is 4.79 Å². The van der Waals surface area contributed by atoms with Crippen LogP contribution in [-0.4, -0.2) is 18.7 Å². The Hall–Kier alpha value is -2.83. The van der Waals surface area contributed by atoms with Crippen LogP contribution in [0.3, 0.4) is 0 Å². The number of fused-ring (bicyclic) bond motifs is 1. The van der Waals surface area contributed by atoms with Crippen molar-refractivity contribution < 1.29 is 23.0 Å². The number of carbonyl (C=O) groups is 1. The normalized spacial score (nSPS) is 14.3. The van der Waals surface area contributed by atoms with E-state index in [2.05, 4.69) is 20.1 Å². The predicted molar refractivity (Wildman–Crippen MR) is 85.7 cm³/mol. The number of hydrogen-bond donors (Lipinski definition) is 2. The number of amides is 1. The first-order chi connectivity index (χ1) is 11.3. The van der Waals surface area contributed by atoms with Gasteiger partial charge in [-0.05, 0) is 43.2 Å². The maximum absolute atomic E-state index is 13.0. The molecule has 7 heteroatoms. The molecule has 0 atom stereocenters. The van der Waals surface area contributed by atoms with Crippen molar-refractivity contribution >= 4 is 17.3 Å². The van der Waals surface area contributed by atoms with Crippen molar-refractivity contribution in [2.24, 2.45) is 0 Å². The lowest BCUT2D eigenvalue weighted by molar-refractivity contribution is -0.286. The molecule has 126 valence electrons. The van der Waals surface area contributed by atoms with E-state index in [0.717, 1.165) is 16.8 Å². The molecule has 0 aromatic heterocycles. The number of anilines is 2. The lowest BCUT2D eigenvalue weighted by Crippen LogP contribution is -2.25. The van der Waals surface area contributed by atoms with Crippen molar-refractivity contribution in [2.45, 2.75) is 20.1 Å². The third-order valence-electron chi connectivity index (χ3n) is 3.73. The molecule has 2 N–H and O–H groups in total. The minimum atomic E-state index is -3.65. The monoisotopic (exact) mass is 334 g/mol. The first-order valence-electron chi connectivity index (χ1n) is 7.34. The van der Waals surface area contributed by atoms with Crippen LogP contribution in [0, 0.1) is 13.8 Å². The predicted octanol–water partition coefficient (Wildman–Crippen LogP) is 3.68. The number of alkyl halides is 2. The first-order valence-corrected chi connectivity index (χ1v) is 7.34. The number of ether oxygens (including phenoxy) is 2. The molecule has 1 aliphatic heterocycles. The summed E-state index contributed by atoms with van der Waals surface area (Å²) in [4.78, 5) is 12.0. The van der Waals surface area contributed by atoms with E-state index in [4.69, 9.17) is 0 Å². The van der Waals surface area contributed by atoms with Crippen LogP contribution < -0.4 is 20.1 Å². The van der Waals surface area contributed by atoms with Crippen molar-refractivity contribution in [3.63, 3.8) is 0 Å². The van der Waals surface area contributed by atoms with E-state index >= 15 is 0 Å². The Morgan fingerprint density at radius 1 is 1.12 bits per heavy atom. The van der Waals surface area contributed by atoms with Crippen LogP contribution in [0.15, 0.2) is 36.4 Å². The Morgan fingerprint density at radius 2 is 1.88 bits per heavy atom. The van der Waals surface area contributed by atoms with Crippen LogP contribution in [-0.2, 0) is 4.79 Å². The van der Waals surface area contributed by atoms with Crippen LogP contribution in [0.4, 0.5) is 20.2 Å². The van der Waals surface area contributed by atoms with E-state index in [0.29, 0.717) is 5.69 Å². The van der Waals surface area contributed by atoms with Gasteiger partial charge in [0, 0.05) is 17.4 Å². The molecule has 2 aromatic carbocycles. The van der Waals surface area contributed by atoms with Crippen LogP contribution in [0.1, 0.15) is 11.1 Å². The summed E-state index contributed by atoms with van der Waals surface area (Å²) in [5.41, 5.74) is 3.30. The molecule has 1 heterocycles. The second-order valence-corrected chi connectivity index (χ2v) is 5.48. The van der Waals surface area contributed by atoms with E-state index in [1.54, 1.807) is 0 Å². The number of rotatable bonds is 4. The highest BCUT2D eigenvalue weighted by atomic mass is 19.3. The molecule has 3 rings (SSSR count). The maximum atomic E-state index is 13.0. The fraction of sp³-hybridized carbons (Fsp3) is 0.235. The number of benzene rings is 2. The molecule has 24 heavy (non-hydrogen) atoms. The highest BCUT2D eigenvalue weighted by Gasteiger charge is 2.43. The van der Waals surface area contributed by atoms with E-state index in [-0.39, 0.29) is 24.0 Å². The van der Waals surface area contributed by atoms with Crippen LogP contribution >= 0.6 is 0 Å². The third kappa shape index (κ3) is 3.40. The summed E-state index contributed by atoms with van der Waals surface area (Å²) in [5.74, 6) is -0.350. The number of carbonyl (C=O) groups excluding carboxylic acids is 1. The largest absolute Gasteiger partial charge is 0.586 e. The van der Waals surface area contributed by atoms with Crippen LogP contribution in [0.5, 0.6) is 11.5 Å². The summed E-state index contributed by atoms with van der Waals surface area (Å²) in [6.07, 6.45) is -3.65. The average Bonchev–Trinajstić information content (AvgIpc) is 2.83. The minimum Gasteiger partial charge on any atom is -0.395 e. The highest BCUT2D eigenvalue weighted by Crippen LogP contribution is 2.42. The van der Waals surface area contributed by atoms with E-state index in [9.17, 15) is 13.6 Å². The Balaban J connectivity index is 1.60. The zero-order valence-electron chi connectivity index (χ0n) is 13.2. The van der Waals surface area contributed by atoms with E-state index in [1.165, 1.54) is 18.2 Å². The summed E-state index contributed by atoms with van der Waals surface area (Å²) < 4.78 is 34.6. The average molecular weight is 334 g/mol. The molecule has 5 nitrogen and oxygen atoms in total. The van der Waals surface area contributed by atoms with E-state index in [1.807, 2.05) is 32.0 Å². The lowest BCUT2D eigenvalue weighted by Gasteiger charge is -2.11. The second kappa shape index (κ2) is 5.99. The van der Waals surface area contributed by atoms with Crippen molar-refractivity contribution in [1.82, 2.24) is 0 Å². The fourth-order valence-electron chi connectivity index (χ4n) is 2.32. The smallest absolute Gasteiger partial charge is 0.395 e. The zero-order chi connectivity index (χ0) is 17.3. The van der Waals surface area contributed by atoms with Crippen LogP contribution in [0.25, 0.3) is 0 Å². The quantitative estimate of drug-likeness (QED) is 0.895. The summed E-state index contributed by atoms with van der Waals surface area (Å²) in [6, 6.07) is 9.91. The number of nitrogens with one attached hydrogen (secondary N) is 2. The molecule has 0 fully saturated rings. The lowest BCUT2D eigenvalue weighted by atomic mass is 10.1. The van der Waals surface area contributed by atoms with Gasteiger partial charge in [0.2, 0.25) is 5.91 Å². The van der Waals surface area contributed by atoms with Crippen molar-refractivity contribution in [3.05, 3.63) is 47.5 Å². The Labute approximate surface area is 137 Å². The molecule has 0 unspecified atom stereocenters. The number of hydrogen-bond acceptors (Lipinski definition) is 4. The molecule has 1 amide bonds. The minimum absolute atomic E-state index is 0.0105. The van der Waals surface area contributed by atoms with Gasteiger partial charge < -0.3 is 20.1 Å². The van der Waals surface area contributed by atoms with E-state index < -0.39 is 6.29 Å². The molecule has 0 saturated carbocycles.